The van der Waals surface area contributed by atoms with Gasteiger partial charge in [-0.1, -0.05) is 6.07 Å². The van der Waals surface area contributed by atoms with Gasteiger partial charge in [0.15, 0.2) is 0 Å². The van der Waals surface area contributed by atoms with Crippen LogP contribution in [0.25, 0.3) is 0 Å². The van der Waals surface area contributed by atoms with Crippen molar-refractivity contribution >= 4 is 22.2 Å². The summed E-state index contributed by atoms with van der Waals surface area (Å²) >= 11 is -4.56. The second kappa shape index (κ2) is 12.2. The molecule has 2 unspecified atom stereocenters. The summed E-state index contributed by atoms with van der Waals surface area (Å²) < 4.78 is 54.8. The van der Waals surface area contributed by atoms with Crippen LogP contribution >= 0.6 is 0 Å². The van der Waals surface area contributed by atoms with Crippen LogP contribution in [-0.2, 0) is 22.2 Å². The number of hydrogen-bond acceptors (Lipinski definition) is 6. The zero-order valence-electron chi connectivity index (χ0n) is 15.2. The van der Waals surface area contributed by atoms with E-state index in [0.29, 0.717) is 23.0 Å². The molecule has 0 heterocycles. The summed E-state index contributed by atoms with van der Waals surface area (Å²) in [5.74, 6) is 1.99. The van der Waals surface area contributed by atoms with E-state index in [9.17, 15) is 17.5 Å². The van der Waals surface area contributed by atoms with Crippen molar-refractivity contribution in [2.24, 2.45) is 0 Å². The summed E-state index contributed by atoms with van der Waals surface area (Å²) in [4.78, 5) is 0.355. The van der Waals surface area contributed by atoms with E-state index in [1.807, 2.05) is 0 Å². The summed E-state index contributed by atoms with van der Waals surface area (Å²) in [5, 5.41) is 0. The molecular formula is C18H12Na2O6S2. The Kier molecular flexibility index (Phi) is 11.2. The van der Waals surface area contributed by atoms with Gasteiger partial charge in [0.2, 0.25) is 0 Å². The SMILES string of the molecule is O=S([O-])c1ccc(Oc2cccc(Oc3ccc(S(=O)[O-])cc3)c2)cc1.[Na+].[Na+]. The Morgan fingerprint density at radius 3 is 1.25 bits per heavy atom. The van der Waals surface area contributed by atoms with Crippen LogP contribution in [0.1, 0.15) is 0 Å². The Labute approximate surface area is 211 Å². The first-order valence-corrected chi connectivity index (χ1v) is 9.51. The van der Waals surface area contributed by atoms with Crippen LogP contribution in [0.15, 0.2) is 82.6 Å². The van der Waals surface area contributed by atoms with E-state index < -0.39 is 22.2 Å². The first kappa shape index (κ1) is 25.5. The molecule has 0 aromatic heterocycles. The van der Waals surface area contributed by atoms with Gasteiger partial charge in [-0.3, -0.25) is 8.42 Å². The second-order valence-electron chi connectivity index (χ2n) is 5.09. The van der Waals surface area contributed by atoms with Crippen LogP contribution in [0.5, 0.6) is 23.0 Å². The van der Waals surface area contributed by atoms with Crippen molar-refractivity contribution in [3.8, 4) is 23.0 Å². The molecule has 0 aliphatic heterocycles. The smallest absolute Gasteiger partial charge is 0.768 e. The molecule has 2 atom stereocenters. The van der Waals surface area contributed by atoms with Gasteiger partial charge in [-0.25, -0.2) is 0 Å². The summed E-state index contributed by atoms with van der Waals surface area (Å²) in [7, 11) is 0. The van der Waals surface area contributed by atoms with E-state index in [4.69, 9.17) is 9.47 Å². The largest absolute Gasteiger partial charge is 1.00 e. The molecule has 0 saturated heterocycles. The topological polar surface area (TPSA) is 98.7 Å². The molecule has 3 rings (SSSR count). The van der Waals surface area contributed by atoms with Crippen molar-refractivity contribution in [1.29, 1.82) is 0 Å². The molecule has 0 spiro atoms. The zero-order chi connectivity index (χ0) is 18.5. The number of hydrogen-bond donors (Lipinski definition) is 0. The maximum Gasteiger partial charge on any atom is 1.00 e. The van der Waals surface area contributed by atoms with Gasteiger partial charge in [-0.2, -0.15) is 0 Å². The predicted octanol–water partition coefficient (Wildman–Crippen LogP) is -2.24. The molecule has 3 aromatic carbocycles. The van der Waals surface area contributed by atoms with Crippen molar-refractivity contribution in [2.45, 2.75) is 9.79 Å². The van der Waals surface area contributed by atoms with Crippen LogP contribution in [0.3, 0.4) is 0 Å². The Bertz CT molecular complexity index is 874. The van der Waals surface area contributed by atoms with Gasteiger partial charge in [-0.05, 0) is 82.8 Å². The Balaban J connectivity index is 0.00000196. The van der Waals surface area contributed by atoms with E-state index in [-0.39, 0.29) is 68.9 Å². The monoisotopic (exact) mass is 434 g/mol. The van der Waals surface area contributed by atoms with E-state index >= 15 is 0 Å². The average molecular weight is 434 g/mol. The minimum absolute atomic E-state index is 0. The van der Waals surface area contributed by atoms with Crippen molar-refractivity contribution in [2.75, 3.05) is 0 Å². The van der Waals surface area contributed by atoms with Crippen LogP contribution in [-0.4, -0.2) is 17.5 Å². The van der Waals surface area contributed by atoms with Crippen molar-refractivity contribution in [3.63, 3.8) is 0 Å². The molecule has 134 valence electrons. The fourth-order valence-corrected chi connectivity index (χ4v) is 2.83. The maximum atomic E-state index is 10.9. The van der Waals surface area contributed by atoms with Gasteiger partial charge in [0, 0.05) is 15.9 Å². The molecule has 6 nitrogen and oxygen atoms in total. The maximum absolute atomic E-state index is 10.9. The molecule has 0 fully saturated rings. The Morgan fingerprint density at radius 1 is 0.571 bits per heavy atom. The normalized spacial score (nSPS) is 12.1. The molecule has 3 aromatic rings. The van der Waals surface area contributed by atoms with Crippen molar-refractivity contribution in [1.82, 2.24) is 0 Å². The third kappa shape index (κ3) is 7.38. The Hall–Kier alpha value is -0.520. The third-order valence-corrected chi connectivity index (χ3v) is 4.62. The molecule has 0 saturated carbocycles. The van der Waals surface area contributed by atoms with E-state index in [1.54, 1.807) is 48.5 Å². The average Bonchev–Trinajstić information content (AvgIpc) is 2.63. The minimum atomic E-state index is -2.28. The summed E-state index contributed by atoms with van der Waals surface area (Å²) in [5.41, 5.74) is 0. The first-order valence-electron chi connectivity index (χ1n) is 7.36. The van der Waals surface area contributed by atoms with Crippen LogP contribution < -0.4 is 68.6 Å². The van der Waals surface area contributed by atoms with Crippen LogP contribution in [0.4, 0.5) is 0 Å². The van der Waals surface area contributed by atoms with Crippen molar-refractivity contribution < 1.29 is 86.1 Å². The van der Waals surface area contributed by atoms with Gasteiger partial charge in [0.05, 0.1) is 0 Å². The molecule has 28 heavy (non-hydrogen) atoms. The van der Waals surface area contributed by atoms with Crippen LogP contribution in [0.2, 0.25) is 0 Å². The minimum Gasteiger partial charge on any atom is -0.768 e. The fraction of sp³-hybridized carbons (Fsp3) is 0. The molecular weight excluding hydrogens is 422 g/mol. The molecule has 0 aliphatic carbocycles. The zero-order valence-corrected chi connectivity index (χ0v) is 20.8. The van der Waals surface area contributed by atoms with Crippen LogP contribution in [0, 0.1) is 0 Å². The number of benzene rings is 3. The molecule has 0 radical (unpaired) electrons. The van der Waals surface area contributed by atoms with Gasteiger partial charge >= 0.3 is 59.1 Å². The molecule has 10 heteroatoms. The van der Waals surface area contributed by atoms with Gasteiger partial charge in [-0.15, -0.1) is 0 Å². The second-order valence-corrected chi connectivity index (χ2v) is 6.97. The number of ether oxygens (including phenoxy) is 2. The summed E-state index contributed by atoms with van der Waals surface area (Å²) in [6, 6.07) is 18.9. The van der Waals surface area contributed by atoms with Gasteiger partial charge < -0.3 is 18.6 Å². The standard InChI is InChI=1S/C18H14O6S2.2Na/c19-25(20)17-8-4-13(5-9-17)23-15-2-1-3-16(12-15)24-14-6-10-18(11-7-14)26(21)22;;/h1-12H,(H,19,20)(H,21,22);;/q;2*+1/p-2. The van der Waals surface area contributed by atoms with E-state index in [0.717, 1.165) is 0 Å². The molecule has 0 aliphatic rings. The molecule has 0 bridgehead atoms. The van der Waals surface area contributed by atoms with Gasteiger partial charge in [0.25, 0.3) is 0 Å². The predicted molar refractivity (Wildman–Crippen MR) is 93.8 cm³/mol. The first-order chi connectivity index (χ1) is 12.5. The Morgan fingerprint density at radius 2 is 0.929 bits per heavy atom. The summed E-state index contributed by atoms with van der Waals surface area (Å²) in [6.07, 6.45) is 0. The van der Waals surface area contributed by atoms with Crippen molar-refractivity contribution in [3.05, 3.63) is 72.8 Å². The quantitative estimate of drug-likeness (QED) is 0.321. The summed E-state index contributed by atoms with van der Waals surface area (Å²) in [6.45, 7) is 0. The molecule has 0 N–H and O–H groups in total. The van der Waals surface area contributed by atoms with E-state index in [1.165, 1.54) is 24.3 Å². The van der Waals surface area contributed by atoms with Gasteiger partial charge in [0.1, 0.15) is 23.0 Å². The number of rotatable bonds is 6. The molecule has 0 amide bonds. The fourth-order valence-electron chi connectivity index (χ4n) is 2.11. The van der Waals surface area contributed by atoms with E-state index in [2.05, 4.69) is 0 Å². The third-order valence-electron chi connectivity index (χ3n) is 3.31.